The van der Waals surface area contributed by atoms with E-state index in [9.17, 15) is 4.79 Å². The van der Waals surface area contributed by atoms with Gasteiger partial charge in [0.25, 0.3) is 5.91 Å². The van der Waals surface area contributed by atoms with E-state index >= 15 is 0 Å². The molecular weight excluding hydrogens is 418 g/mol. The van der Waals surface area contributed by atoms with Gasteiger partial charge >= 0.3 is 0 Å². The fraction of sp³-hybridized carbons (Fsp3) is 0.381. The molecule has 2 aliphatic rings. The largest absolute Gasteiger partial charge is 0.467 e. The third-order valence-corrected chi connectivity index (χ3v) is 7.23. The number of aromatic nitrogens is 1. The van der Waals surface area contributed by atoms with Crippen LogP contribution in [0, 0.1) is 0 Å². The van der Waals surface area contributed by atoms with E-state index in [2.05, 4.69) is 20.9 Å². The molecule has 1 amide bonds. The fourth-order valence-corrected chi connectivity index (χ4v) is 5.41. The van der Waals surface area contributed by atoms with Crippen molar-refractivity contribution in [1.82, 2.24) is 14.9 Å². The minimum Gasteiger partial charge on any atom is -0.467 e. The molecule has 0 spiro atoms. The highest BCUT2D eigenvalue weighted by atomic mass is 32.1. The van der Waals surface area contributed by atoms with Crippen LogP contribution in [0.1, 0.15) is 29.5 Å². The van der Waals surface area contributed by atoms with Gasteiger partial charge in [-0.15, -0.1) is 22.7 Å². The molecule has 0 aromatic carbocycles. The van der Waals surface area contributed by atoms with E-state index in [4.69, 9.17) is 9.52 Å². The molecular formula is C21H23N5O2S2. The molecule has 3 aromatic heterocycles. The van der Waals surface area contributed by atoms with Crippen molar-refractivity contribution < 1.29 is 9.21 Å². The summed E-state index contributed by atoms with van der Waals surface area (Å²) in [6, 6.07) is 7.68. The van der Waals surface area contributed by atoms with Crippen molar-refractivity contribution in [1.29, 1.82) is 0 Å². The first kappa shape index (κ1) is 19.5. The van der Waals surface area contributed by atoms with Gasteiger partial charge in [-0.2, -0.15) is 5.10 Å². The number of hydrogen-bond acceptors (Lipinski definition) is 8. The monoisotopic (exact) mass is 441 g/mol. The minimum atomic E-state index is -0.177. The fourth-order valence-electron chi connectivity index (χ4n) is 3.99. The van der Waals surface area contributed by atoms with Crippen LogP contribution in [0.2, 0.25) is 0 Å². The molecule has 0 saturated carbocycles. The summed E-state index contributed by atoms with van der Waals surface area (Å²) >= 11 is 3.32. The maximum atomic E-state index is 13.3. The van der Waals surface area contributed by atoms with Crippen molar-refractivity contribution in [2.75, 3.05) is 37.6 Å². The van der Waals surface area contributed by atoms with Gasteiger partial charge in [-0.1, -0.05) is 6.07 Å². The standard InChI is InChI=1S/C21H23N5O2S2/c27-20(15-24-7-3-8-25(10-9-24)21-22-6-13-30-21)26-17(18-4-1-11-28-18)14-16(23-26)19-5-2-12-29-19/h1-2,4-6,11-13,17H,3,7-10,14-15H2. The van der Waals surface area contributed by atoms with Crippen molar-refractivity contribution in [2.45, 2.75) is 18.9 Å². The first-order valence-electron chi connectivity index (χ1n) is 10.1. The molecule has 9 heteroatoms. The van der Waals surface area contributed by atoms with Gasteiger partial charge in [-0.3, -0.25) is 9.69 Å². The topological polar surface area (TPSA) is 65.2 Å². The highest BCUT2D eigenvalue weighted by molar-refractivity contribution is 7.13. The third-order valence-electron chi connectivity index (χ3n) is 5.48. The molecule has 0 bridgehead atoms. The van der Waals surface area contributed by atoms with Crippen LogP contribution in [0.3, 0.4) is 0 Å². The van der Waals surface area contributed by atoms with Gasteiger partial charge in [0.2, 0.25) is 0 Å². The zero-order chi connectivity index (χ0) is 20.3. The number of carbonyl (C=O) groups excluding carboxylic acids is 1. The SMILES string of the molecule is O=C(CN1CCCN(c2nccs2)CC1)N1N=C(c2cccs2)CC1c1ccco1. The second kappa shape index (κ2) is 8.71. The summed E-state index contributed by atoms with van der Waals surface area (Å²) in [6.45, 7) is 3.95. The average molecular weight is 442 g/mol. The Morgan fingerprint density at radius 1 is 1.13 bits per heavy atom. The van der Waals surface area contributed by atoms with Crippen LogP contribution in [0.25, 0.3) is 0 Å². The number of nitrogens with zero attached hydrogens (tertiary/aromatic N) is 5. The van der Waals surface area contributed by atoms with E-state index in [0.29, 0.717) is 13.0 Å². The van der Waals surface area contributed by atoms with E-state index in [1.165, 1.54) is 0 Å². The average Bonchev–Trinajstić information content (AvgIpc) is 3.54. The number of furan rings is 1. The first-order valence-corrected chi connectivity index (χ1v) is 11.9. The van der Waals surface area contributed by atoms with E-state index in [1.54, 1.807) is 33.9 Å². The maximum Gasteiger partial charge on any atom is 0.257 e. The Kier molecular flexibility index (Phi) is 5.65. The zero-order valence-electron chi connectivity index (χ0n) is 16.5. The lowest BCUT2D eigenvalue weighted by Gasteiger charge is -2.25. The molecule has 5 rings (SSSR count). The highest BCUT2D eigenvalue weighted by Crippen LogP contribution is 2.34. The lowest BCUT2D eigenvalue weighted by Crippen LogP contribution is -2.40. The molecule has 0 aliphatic carbocycles. The van der Waals surface area contributed by atoms with Crippen molar-refractivity contribution in [3.63, 3.8) is 0 Å². The van der Waals surface area contributed by atoms with Crippen LogP contribution < -0.4 is 4.90 Å². The Labute approximate surface area is 183 Å². The Hall–Kier alpha value is -2.49. The zero-order valence-corrected chi connectivity index (χ0v) is 18.1. The molecule has 1 unspecified atom stereocenters. The third kappa shape index (κ3) is 4.05. The van der Waals surface area contributed by atoms with Gasteiger partial charge in [0.15, 0.2) is 5.13 Å². The van der Waals surface area contributed by atoms with Crippen molar-refractivity contribution >= 4 is 39.4 Å². The Balaban J connectivity index is 1.28. The van der Waals surface area contributed by atoms with E-state index in [-0.39, 0.29) is 11.9 Å². The van der Waals surface area contributed by atoms with Gasteiger partial charge in [0.1, 0.15) is 11.8 Å². The molecule has 2 aliphatic heterocycles. The summed E-state index contributed by atoms with van der Waals surface area (Å²) in [5.74, 6) is 0.801. The van der Waals surface area contributed by atoms with Crippen molar-refractivity contribution in [3.8, 4) is 0 Å². The van der Waals surface area contributed by atoms with E-state index in [0.717, 1.165) is 54.1 Å². The van der Waals surface area contributed by atoms with Gasteiger partial charge in [-0.05, 0) is 30.0 Å². The summed E-state index contributed by atoms with van der Waals surface area (Å²) in [4.78, 5) is 23.3. The van der Waals surface area contributed by atoms with Crippen LogP contribution in [-0.4, -0.2) is 59.2 Å². The van der Waals surface area contributed by atoms with Crippen molar-refractivity contribution in [2.24, 2.45) is 5.10 Å². The predicted molar refractivity (Wildman–Crippen MR) is 119 cm³/mol. The van der Waals surface area contributed by atoms with Gasteiger partial charge in [0, 0.05) is 44.2 Å². The molecule has 1 fully saturated rings. The number of hydrogen-bond donors (Lipinski definition) is 0. The number of carbonyl (C=O) groups is 1. The summed E-state index contributed by atoms with van der Waals surface area (Å²) in [6.07, 6.45) is 5.19. The Morgan fingerprint density at radius 2 is 2.10 bits per heavy atom. The first-order chi connectivity index (χ1) is 14.8. The number of thiazole rings is 1. The van der Waals surface area contributed by atoms with Crippen LogP contribution in [0.15, 0.2) is 57.0 Å². The lowest BCUT2D eigenvalue weighted by atomic mass is 10.1. The Bertz CT molecular complexity index is 985. The number of rotatable bonds is 5. The number of thiophene rings is 1. The normalized spacial score (nSPS) is 20.4. The molecule has 5 heterocycles. The summed E-state index contributed by atoms with van der Waals surface area (Å²) in [5.41, 5.74) is 0.950. The number of anilines is 1. The second-order valence-electron chi connectivity index (χ2n) is 7.43. The summed E-state index contributed by atoms with van der Waals surface area (Å²) in [5, 5.41) is 11.5. The quantitative estimate of drug-likeness (QED) is 0.604. The minimum absolute atomic E-state index is 0.0191. The molecule has 3 aromatic rings. The summed E-state index contributed by atoms with van der Waals surface area (Å²) < 4.78 is 5.64. The Morgan fingerprint density at radius 3 is 2.87 bits per heavy atom. The second-order valence-corrected chi connectivity index (χ2v) is 9.25. The number of amides is 1. The van der Waals surface area contributed by atoms with Crippen molar-refractivity contribution in [3.05, 3.63) is 58.1 Å². The van der Waals surface area contributed by atoms with Crippen LogP contribution in [0.5, 0.6) is 0 Å². The molecule has 156 valence electrons. The predicted octanol–water partition coefficient (Wildman–Crippen LogP) is 3.69. The molecule has 1 saturated heterocycles. The van der Waals surface area contributed by atoms with Crippen LogP contribution >= 0.6 is 22.7 Å². The maximum absolute atomic E-state index is 13.3. The van der Waals surface area contributed by atoms with Gasteiger partial charge < -0.3 is 9.32 Å². The van der Waals surface area contributed by atoms with Gasteiger partial charge in [-0.25, -0.2) is 9.99 Å². The van der Waals surface area contributed by atoms with Crippen LogP contribution in [0.4, 0.5) is 5.13 Å². The molecule has 7 nitrogen and oxygen atoms in total. The lowest BCUT2D eigenvalue weighted by molar-refractivity contribution is -0.134. The molecule has 30 heavy (non-hydrogen) atoms. The molecule has 1 atom stereocenters. The number of hydrazone groups is 1. The van der Waals surface area contributed by atoms with Gasteiger partial charge in [0.05, 0.1) is 23.4 Å². The van der Waals surface area contributed by atoms with Crippen LogP contribution in [-0.2, 0) is 4.79 Å². The highest BCUT2D eigenvalue weighted by Gasteiger charge is 2.35. The van der Waals surface area contributed by atoms with E-state index < -0.39 is 0 Å². The smallest absolute Gasteiger partial charge is 0.257 e. The van der Waals surface area contributed by atoms with E-state index in [1.807, 2.05) is 35.2 Å². The molecule has 0 N–H and O–H groups in total. The summed E-state index contributed by atoms with van der Waals surface area (Å²) in [7, 11) is 0. The molecule has 0 radical (unpaired) electrons.